The lowest BCUT2D eigenvalue weighted by molar-refractivity contribution is -0.137. The van der Waals surface area contributed by atoms with Gasteiger partial charge in [-0.1, -0.05) is 0 Å². The first-order chi connectivity index (χ1) is 6.70. The highest BCUT2D eigenvalue weighted by Gasteiger charge is 2.10. The molecule has 0 spiro atoms. The highest BCUT2D eigenvalue weighted by molar-refractivity contribution is 7.98. The fourth-order valence-electron chi connectivity index (χ4n) is 0.854. The zero-order valence-corrected chi connectivity index (χ0v) is 8.41. The molecule has 1 atom stereocenters. The Bertz CT molecular complexity index is 292. The zero-order chi connectivity index (χ0) is 10.4. The van der Waals surface area contributed by atoms with Crippen LogP contribution in [0, 0.1) is 0 Å². The molecular formula is C9H12N2O2S. The van der Waals surface area contributed by atoms with Gasteiger partial charge in [-0.05, 0) is 17.7 Å². The van der Waals surface area contributed by atoms with Gasteiger partial charge < -0.3 is 10.8 Å². The van der Waals surface area contributed by atoms with E-state index in [1.54, 1.807) is 12.4 Å². The number of aromatic nitrogens is 1. The Labute approximate surface area is 86.5 Å². The Morgan fingerprint density at radius 3 is 2.79 bits per heavy atom. The van der Waals surface area contributed by atoms with Gasteiger partial charge in [0.05, 0.1) is 0 Å². The summed E-state index contributed by atoms with van der Waals surface area (Å²) in [7, 11) is 0. The van der Waals surface area contributed by atoms with Crippen LogP contribution in [0.1, 0.15) is 5.56 Å². The summed E-state index contributed by atoms with van der Waals surface area (Å²) in [5.74, 6) is 0.244. The molecule has 1 heterocycles. The summed E-state index contributed by atoms with van der Waals surface area (Å²) in [5.41, 5.74) is 6.48. The van der Waals surface area contributed by atoms with Crippen LogP contribution >= 0.6 is 11.8 Å². The molecule has 0 saturated carbocycles. The van der Waals surface area contributed by atoms with Gasteiger partial charge in [-0.3, -0.25) is 9.78 Å². The molecular weight excluding hydrogens is 200 g/mol. The van der Waals surface area contributed by atoms with Gasteiger partial charge in [0.15, 0.2) is 0 Å². The number of nitrogens with zero attached hydrogens (tertiary/aromatic N) is 1. The maximum atomic E-state index is 10.4. The van der Waals surface area contributed by atoms with Crippen LogP contribution in [0.15, 0.2) is 24.5 Å². The van der Waals surface area contributed by atoms with Crippen molar-refractivity contribution in [3.05, 3.63) is 30.1 Å². The Balaban J connectivity index is 2.26. The van der Waals surface area contributed by atoms with E-state index in [4.69, 9.17) is 10.8 Å². The Hall–Kier alpha value is -1.07. The van der Waals surface area contributed by atoms with Crippen molar-refractivity contribution in [3.8, 4) is 0 Å². The third-order valence-corrected chi connectivity index (χ3v) is 2.76. The van der Waals surface area contributed by atoms with Crippen molar-refractivity contribution < 1.29 is 9.90 Å². The first kappa shape index (κ1) is 11.0. The summed E-state index contributed by atoms with van der Waals surface area (Å²) in [6.07, 6.45) is 3.43. The monoisotopic (exact) mass is 212 g/mol. The van der Waals surface area contributed by atoms with Gasteiger partial charge in [0.1, 0.15) is 6.04 Å². The molecule has 0 saturated heterocycles. The summed E-state index contributed by atoms with van der Waals surface area (Å²) in [5, 5.41) is 8.53. The second-order valence-electron chi connectivity index (χ2n) is 2.82. The van der Waals surface area contributed by atoms with Crippen molar-refractivity contribution >= 4 is 17.7 Å². The maximum absolute atomic E-state index is 10.4. The van der Waals surface area contributed by atoms with Crippen molar-refractivity contribution in [2.45, 2.75) is 11.8 Å². The lowest BCUT2D eigenvalue weighted by atomic mass is 10.3. The average Bonchev–Trinajstić information content (AvgIpc) is 2.19. The number of rotatable bonds is 5. The van der Waals surface area contributed by atoms with Crippen molar-refractivity contribution in [1.29, 1.82) is 0 Å². The van der Waals surface area contributed by atoms with Crippen LogP contribution in [-0.2, 0) is 10.5 Å². The van der Waals surface area contributed by atoms with E-state index in [2.05, 4.69) is 4.98 Å². The number of nitrogens with two attached hydrogens (primary N) is 1. The predicted octanol–water partition coefficient (Wildman–Crippen LogP) is 0.727. The van der Waals surface area contributed by atoms with Crippen molar-refractivity contribution in [2.75, 3.05) is 5.75 Å². The minimum absolute atomic E-state index is 0.428. The number of hydrogen-bond donors (Lipinski definition) is 2. The fraction of sp³-hybridized carbons (Fsp3) is 0.333. The molecule has 1 rings (SSSR count). The van der Waals surface area contributed by atoms with Crippen LogP contribution in [0.2, 0.25) is 0 Å². The minimum Gasteiger partial charge on any atom is -0.480 e. The molecule has 0 aromatic carbocycles. The van der Waals surface area contributed by atoms with Crippen molar-refractivity contribution in [2.24, 2.45) is 5.73 Å². The quantitative estimate of drug-likeness (QED) is 0.752. The smallest absolute Gasteiger partial charge is 0.321 e. The molecule has 1 aromatic rings. The molecule has 0 amide bonds. The highest BCUT2D eigenvalue weighted by Crippen LogP contribution is 2.11. The summed E-state index contributed by atoms with van der Waals surface area (Å²) in [6.45, 7) is 0. The van der Waals surface area contributed by atoms with E-state index in [-0.39, 0.29) is 0 Å². The predicted molar refractivity (Wildman–Crippen MR) is 56.0 cm³/mol. The molecule has 76 valence electrons. The van der Waals surface area contributed by atoms with Crippen LogP contribution in [0.4, 0.5) is 0 Å². The first-order valence-corrected chi connectivity index (χ1v) is 5.30. The van der Waals surface area contributed by atoms with E-state index >= 15 is 0 Å². The van der Waals surface area contributed by atoms with Crippen LogP contribution in [-0.4, -0.2) is 27.9 Å². The van der Waals surface area contributed by atoms with Gasteiger partial charge in [0.25, 0.3) is 0 Å². The number of carbonyl (C=O) groups is 1. The summed E-state index contributed by atoms with van der Waals surface area (Å²) in [6, 6.07) is 3.03. The van der Waals surface area contributed by atoms with E-state index in [1.807, 2.05) is 12.1 Å². The van der Waals surface area contributed by atoms with Crippen LogP contribution in [0.3, 0.4) is 0 Å². The summed E-state index contributed by atoms with van der Waals surface area (Å²) in [4.78, 5) is 14.3. The van der Waals surface area contributed by atoms with Crippen molar-refractivity contribution in [3.63, 3.8) is 0 Å². The van der Waals surface area contributed by atoms with Gasteiger partial charge in [-0.15, -0.1) is 0 Å². The number of pyridine rings is 1. The molecule has 5 heteroatoms. The van der Waals surface area contributed by atoms with E-state index in [0.717, 1.165) is 11.3 Å². The van der Waals surface area contributed by atoms with Crippen LogP contribution in [0.25, 0.3) is 0 Å². The second-order valence-corrected chi connectivity index (χ2v) is 3.85. The highest BCUT2D eigenvalue weighted by atomic mass is 32.2. The minimum atomic E-state index is -0.952. The Morgan fingerprint density at radius 2 is 2.21 bits per heavy atom. The SMILES string of the molecule is NC(CSCc1ccncc1)C(=O)O. The lowest BCUT2D eigenvalue weighted by Gasteiger charge is -2.05. The fourth-order valence-corrected chi connectivity index (χ4v) is 1.80. The van der Waals surface area contributed by atoms with Crippen LogP contribution in [0.5, 0.6) is 0 Å². The van der Waals surface area contributed by atoms with Crippen LogP contribution < -0.4 is 5.73 Å². The van der Waals surface area contributed by atoms with Gasteiger partial charge in [-0.25, -0.2) is 0 Å². The molecule has 0 bridgehead atoms. The molecule has 0 radical (unpaired) electrons. The van der Waals surface area contributed by atoms with Gasteiger partial charge in [0, 0.05) is 23.9 Å². The lowest BCUT2D eigenvalue weighted by Crippen LogP contribution is -2.32. The number of carboxylic acids is 1. The molecule has 4 nitrogen and oxygen atoms in total. The number of thioether (sulfide) groups is 1. The second kappa shape index (κ2) is 5.62. The van der Waals surface area contributed by atoms with E-state index in [1.165, 1.54) is 11.8 Å². The maximum Gasteiger partial charge on any atom is 0.321 e. The molecule has 1 unspecified atom stereocenters. The Morgan fingerprint density at radius 1 is 1.57 bits per heavy atom. The van der Waals surface area contributed by atoms with E-state index in [0.29, 0.717) is 5.75 Å². The standard InChI is InChI=1S/C9H12N2O2S/c10-8(9(12)13)6-14-5-7-1-3-11-4-2-7/h1-4,8H,5-6,10H2,(H,12,13). The first-order valence-electron chi connectivity index (χ1n) is 4.15. The average molecular weight is 212 g/mol. The third kappa shape index (κ3) is 3.76. The molecule has 1 aromatic heterocycles. The van der Waals surface area contributed by atoms with Gasteiger partial charge >= 0.3 is 5.97 Å². The summed E-state index contributed by atoms with van der Waals surface area (Å²) < 4.78 is 0. The molecule has 0 fully saturated rings. The van der Waals surface area contributed by atoms with E-state index < -0.39 is 12.0 Å². The van der Waals surface area contributed by atoms with E-state index in [9.17, 15) is 4.79 Å². The van der Waals surface area contributed by atoms with Gasteiger partial charge in [-0.2, -0.15) is 11.8 Å². The number of carboxylic acid groups (broad SMARTS) is 1. The topological polar surface area (TPSA) is 76.2 Å². The molecule has 14 heavy (non-hydrogen) atoms. The molecule has 0 aliphatic carbocycles. The number of aliphatic carboxylic acids is 1. The molecule has 3 N–H and O–H groups in total. The Kier molecular flexibility index (Phi) is 4.42. The zero-order valence-electron chi connectivity index (χ0n) is 7.59. The number of hydrogen-bond acceptors (Lipinski definition) is 4. The largest absolute Gasteiger partial charge is 0.480 e. The molecule has 0 aliphatic heterocycles. The van der Waals surface area contributed by atoms with Crippen molar-refractivity contribution in [1.82, 2.24) is 4.98 Å². The third-order valence-electron chi connectivity index (χ3n) is 1.63. The normalized spacial score (nSPS) is 12.4. The van der Waals surface area contributed by atoms with Gasteiger partial charge in [0.2, 0.25) is 0 Å². The molecule has 0 aliphatic rings. The summed E-state index contributed by atoms with van der Waals surface area (Å²) >= 11 is 1.51.